The lowest BCUT2D eigenvalue weighted by atomic mass is 9.93. The normalized spacial score (nSPS) is 24.6. The maximum absolute atomic E-state index is 9.44. The number of hydrogen-bond acceptors (Lipinski definition) is 4. The minimum atomic E-state index is -0.144. The van der Waals surface area contributed by atoms with E-state index in [2.05, 4.69) is 5.32 Å². The van der Waals surface area contributed by atoms with Gasteiger partial charge in [0.15, 0.2) is 0 Å². The van der Waals surface area contributed by atoms with Crippen LogP contribution in [0.5, 0.6) is 0 Å². The largest absolute Gasteiger partial charge is 0.397 e. The lowest BCUT2D eigenvalue weighted by Crippen LogP contribution is -2.28. The first-order chi connectivity index (χ1) is 8.19. The summed E-state index contributed by atoms with van der Waals surface area (Å²) in [5.74, 6) is 0. The lowest BCUT2D eigenvalue weighted by molar-refractivity contribution is 0.126. The fourth-order valence-corrected chi connectivity index (χ4v) is 2.27. The Morgan fingerprint density at radius 1 is 1.24 bits per heavy atom. The first-order valence-corrected chi connectivity index (χ1v) is 6.13. The second-order valence-electron chi connectivity index (χ2n) is 4.73. The summed E-state index contributed by atoms with van der Waals surface area (Å²) in [6.07, 6.45) is 3.47. The van der Waals surface area contributed by atoms with Crippen molar-refractivity contribution in [2.45, 2.75) is 44.4 Å². The molecule has 2 rings (SSSR count). The topological polar surface area (TPSA) is 78.5 Å². The molecule has 0 atom stereocenters. The van der Waals surface area contributed by atoms with Crippen LogP contribution in [0.1, 0.15) is 31.2 Å². The molecule has 1 aromatic rings. The minimum Gasteiger partial charge on any atom is -0.397 e. The van der Waals surface area contributed by atoms with Crippen molar-refractivity contribution in [3.63, 3.8) is 0 Å². The number of anilines is 2. The standard InChI is InChI=1S/C13H20N2O2/c14-12-6-1-9(8-16)7-13(12)15-10-2-4-11(17)5-3-10/h1,6-7,10-11,15-17H,2-5,8,14H2. The zero-order valence-electron chi connectivity index (χ0n) is 9.89. The van der Waals surface area contributed by atoms with Crippen LogP contribution in [0.3, 0.4) is 0 Å². The van der Waals surface area contributed by atoms with E-state index < -0.39 is 0 Å². The molecular formula is C13H20N2O2. The molecule has 4 nitrogen and oxygen atoms in total. The molecule has 94 valence electrons. The van der Waals surface area contributed by atoms with Crippen molar-refractivity contribution in [3.05, 3.63) is 23.8 Å². The van der Waals surface area contributed by atoms with Gasteiger partial charge in [-0.25, -0.2) is 0 Å². The van der Waals surface area contributed by atoms with Crippen molar-refractivity contribution >= 4 is 11.4 Å². The highest BCUT2D eigenvalue weighted by molar-refractivity contribution is 5.67. The van der Waals surface area contributed by atoms with Crippen molar-refractivity contribution in [2.75, 3.05) is 11.1 Å². The first kappa shape index (κ1) is 12.2. The van der Waals surface area contributed by atoms with Crippen LogP contribution in [0.25, 0.3) is 0 Å². The maximum Gasteiger partial charge on any atom is 0.0682 e. The highest BCUT2D eigenvalue weighted by atomic mass is 16.3. The van der Waals surface area contributed by atoms with Crippen LogP contribution < -0.4 is 11.1 Å². The van der Waals surface area contributed by atoms with Crippen LogP contribution in [0.15, 0.2) is 18.2 Å². The highest BCUT2D eigenvalue weighted by Crippen LogP contribution is 2.26. The Hall–Kier alpha value is -1.26. The number of aliphatic hydroxyl groups excluding tert-OH is 2. The predicted octanol–water partition coefficient (Wildman–Crippen LogP) is 1.48. The number of hydrogen-bond donors (Lipinski definition) is 4. The molecule has 4 heteroatoms. The number of nitrogens with two attached hydrogens (primary N) is 1. The second-order valence-corrected chi connectivity index (χ2v) is 4.73. The van der Waals surface area contributed by atoms with Crippen molar-refractivity contribution in [3.8, 4) is 0 Å². The van der Waals surface area contributed by atoms with E-state index in [9.17, 15) is 5.11 Å². The number of rotatable bonds is 3. The zero-order valence-corrected chi connectivity index (χ0v) is 9.89. The maximum atomic E-state index is 9.44. The Labute approximate surface area is 101 Å². The molecule has 0 heterocycles. The molecule has 0 bridgehead atoms. The molecule has 0 aliphatic heterocycles. The average Bonchev–Trinajstić information content (AvgIpc) is 2.35. The van der Waals surface area contributed by atoms with E-state index in [1.54, 1.807) is 0 Å². The fraction of sp³-hybridized carbons (Fsp3) is 0.538. The average molecular weight is 236 g/mol. The molecule has 0 radical (unpaired) electrons. The minimum absolute atomic E-state index is 0.0261. The number of nitrogens with one attached hydrogen (secondary N) is 1. The van der Waals surface area contributed by atoms with Crippen molar-refractivity contribution in [1.29, 1.82) is 0 Å². The second kappa shape index (κ2) is 5.38. The molecule has 0 unspecified atom stereocenters. The van der Waals surface area contributed by atoms with E-state index >= 15 is 0 Å². The summed E-state index contributed by atoms with van der Waals surface area (Å²) in [5, 5.41) is 21.9. The summed E-state index contributed by atoms with van der Waals surface area (Å²) < 4.78 is 0. The molecule has 1 aliphatic rings. The van der Waals surface area contributed by atoms with Crippen LogP contribution in [0.4, 0.5) is 11.4 Å². The van der Waals surface area contributed by atoms with Crippen LogP contribution in [-0.2, 0) is 6.61 Å². The Balaban J connectivity index is 2.02. The summed E-state index contributed by atoms with van der Waals surface area (Å²) in [4.78, 5) is 0. The van der Waals surface area contributed by atoms with E-state index in [-0.39, 0.29) is 12.7 Å². The van der Waals surface area contributed by atoms with Gasteiger partial charge in [0.2, 0.25) is 0 Å². The summed E-state index contributed by atoms with van der Waals surface area (Å²) in [6, 6.07) is 5.89. The number of benzene rings is 1. The van der Waals surface area contributed by atoms with E-state index in [1.807, 2.05) is 18.2 Å². The lowest BCUT2D eigenvalue weighted by Gasteiger charge is -2.27. The van der Waals surface area contributed by atoms with E-state index in [1.165, 1.54) is 0 Å². The molecule has 1 aromatic carbocycles. The van der Waals surface area contributed by atoms with Crippen molar-refractivity contribution in [1.82, 2.24) is 0 Å². The van der Waals surface area contributed by atoms with Gasteiger partial charge in [-0.05, 0) is 43.4 Å². The molecular weight excluding hydrogens is 216 g/mol. The Morgan fingerprint density at radius 2 is 1.94 bits per heavy atom. The summed E-state index contributed by atoms with van der Waals surface area (Å²) >= 11 is 0. The van der Waals surface area contributed by atoms with Gasteiger partial charge in [0.25, 0.3) is 0 Å². The van der Waals surface area contributed by atoms with Gasteiger partial charge in [0.05, 0.1) is 24.1 Å². The molecule has 17 heavy (non-hydrogen) atoms. The van der Waals surface area contributed by atoms with E-state index in [4.69, 9.17) is 10.8 Å². The third-order valence-corrected chi connectivity index (χ3v) is 3.36. The fourth-order valence-electron chi connectivity index (χ4n) is 2.27. The Bertz CT molecular complexity index is 374. The van der Waals surface area contributed by atoms with Gasteiger partial charge in [-0.1, -0.05) is 6.07 Å². The molecule has 0 saturated heterocycles. The molecule has 1 fully saturated rings. The van der Waals surface area contributed by atoms with Crippen LogP contribution in [0.2, 0.25) is 0 Å². The van der Waals surface area contributed by atoms with Gasteiger partial charge in [0, 0.05) is 6.04 Å². The smallest absolute Gasteiger partial charge is 0.0682 e. The van der Waals surface area contributed by atoms with Gasteiger partial charge in [-0.3, -0.25) is 0 Å². The number of aliphatic hydroxyl groups is 2. The van der Waals surface area contributed by atoms with Crippen molar-refractivity contribution < 1.29 is 10.2 Å². The molecule has 0 amide bonds. The first-order valence-electron chi connectivity index (χ1n) is 6.13. The predicted molar refractivity (Wildman–Crippen MR) is 68.7 cm³/mol. The number of nitrogen functional groups attached to an aromatic ring is 1. The monoisotopic (exact) mass is 236 g/mol. The van der Waals surface area contributed by atoms with Crippen LogP contribution in [0, 0.1) is 0 Å². The van der Waals surface area contributed by atoms with Gasteiger partial charge < -0.3 is 21.3 Å². The molecule has 0 aromatic heterocycles. The van der Waals surface area contributed by atoms with E-state index in [0.29, 0.717) is 11.7 Å². The summed E-state index contributed by atoms with van der Waals surface area (Å²) in [5.41, 5.74) is 8.34. The van der Waals surface area contributed by atoms with Crippen LogP contribution in [-0.4, -0.2) is 22.4 Å². The SMILES string of the molecule is Nc1ccc(CO)cc1NC1CCC(O)CC1. The Kier molecular flexibility index (Phi) is 3.86. The highest BCUT2D eigenvalue weighted by Gasteiger charge is 2.19. The third-order valence-electron chi connectivity index (χ3n) is 3.36. The van der Waals surface area contributed by atoms with Crippen LogP contribution >= 0.6 is 0 Å². The van der Waals surface area contributed by atoms with Gasteiger partial charge in [-0.15, -0.1) is 0 Å². The quantitative estimate of drug-likeness (QED) is 0.599. The van der Waals surface area contributed by atoms with Gasteiger partial charge in [0.1, 0.15) is 0 Å². The van der Waals surface area contributed by atoms with Crippen molar-refractivity contribution in [2.24, 2.45) is 0 Å². The Morgan fingerprint density at radius 3 is 2.59 bits per heavy atom. The van der Waals surface area contributed by atoms with Gasteiger partial charge >= 0.3 is 0 Å². The molecule has 0 spiro atoms. The molecule has 5 N–H and O–H groups in total. The summed E-state index contributed by atoms with van der Waals surface area (Å²) in [6.45, 7) is 0.0261. The summed E-state index contributed by atoms with van der Waals surface area (Å²) in [7, 11) is 0. The molecule has 1 saturated carbocycles. The third kappa shape index (κ3) is 3.11. The van der Waals surface area contributed by atoms with Gasteiger partial charge in [-0.2, -0.15) is 0 Å². The molecule has 1 aliphatic carbocycles. The van der Waals surface area contributed by atoms with E-state index in [0.717, 1.165) is 36.9 Å². The zero-order chi connectivity index (χ0) is 12.3.